The SMILES string of the molecule is O=C(Nc1nccs1)C1CCCN(C(=O)c2csc(-c3ccccc3)n2)C1. The highest BCUT2D eigenvalue weighted by molar-refractivity contribution is 7.13. The van der Waals surface area contributed by atoms with Crippen LogP contribution in [0.15, 0.2) is 47.3 Å². The first kappa shape index (κ1) is 17.8. The number of piperidine rings is 1. The van der Waals surface area contributed by atoms with E-state index in [0.29, 0.717) is 23.9 Å². The Morgan fingerprint density at radius 2 is 2.04 bits per heavy atom. The highest BCUT2D eigenvalue weighted by Gasteiger charge is 2.30. The van der Waals surface area contributed by atoms with Gasteiger partial charge in [-0.25, -0.2) is 9.97 Å². The van der Waals surface area contributed by atoms with E-state index in [-0.39, 0.29) is 17.7 Å². The number of nitrogens with one attached hydrogen (secondary N) is 1. The maximum atomic E-state index is 12.9. The summed E-state index contributed by atoms with van der Waals surface area (Å²) < 4.78 is 0. The summed E-state index contributed by atoms with van der Waals surface area (Å²) in [6.07, 6.45) is 3.23. The Morgan fingerprint density at radius 3 is 2.81 bits per heavy atom. The molecule has 138 valence electrons. The third kappa shape index (κ3) is 4.06. The molecule has 2 amide bonds. The van der Waals surface area contributed by atoms with Gasteiger partial charge < -0.3 is 10.2 Å². The van der Waals surface area contributed by atoms with Crippen LogP contribution in [0.2, 0.25) is 0 Å². The number of carbonyl (C=O) groups is 2. The molecule has 1 aliphatic rings. The fourth-order valence-corrected chi connectivity index (χ4v) is 4.45. The van der Waals surface area contributed by atoms with E-state index in [1.165, 1.54) is 22.7 Å². The molecule has 0 aliphatic carbocycles. The molecule has 1 saturated heterocycles. The fraction of sp³-hybridized carbons (Fsp3) is 0.263. The minimum Gasteiger partial charge on any atom is -0.336 e. The van der Waals surface area contributed by atoms with Gasteiger partial charge in [0.2, 0.25) is 5.91 Å². The predicted molar refractivity (Wildman–Crippen MR) is 107 cm³/mol. The van der Waals surface area contributed by atoms with Gasteiger partial charge in [-0.05, 0) is 12.8 Å². The van der Waals surface area contributed by atoms with Crippen LogP contribution in [0.1, 0.15) is 23.3 Å². The topological polar surface area (TPSA) is 75.2 Å². The smallest absolute Gasteiger partial charge is 0.273 e. The lowest BCUT2D eigenvalue weighted by Gasteiger charge is -2.31. The minimum absolute atomic E-state index is 0.0781. The molecule has 8 heteroatoms. The van der Waals surface area contributed by atoms with Crippen molar-refractivity contribution in [2.24, 2.45) is 5.92 Å². The van der Waals surface area contributed by atoms with Crippen molar-refractivity contribution in [3.63, 3.8) is 0 Å². The molecule has 0 radical (unpaired) electrons. The molecule has 1 atom stereocenters. The number of benzene rings is 1. The Labute approximate surface area is 164 Å². The molecule has 3 aromatic rings. The monoisotopic (exact) mass is 398 g/mol. The summed E-state index contributed by atoms with van der Waals surface area (Å²) in [5.41, 5.74) is 1.45. The van der Waals surface area contributed by atoms with E-state index in [1.807, 2.05) is 35.7 Å². The average Bonchev–Trinajstić information content (AvgIpc) is 3.40. The molecule has 1 unspecified atom stereocenters. The first-order valence-electron chi connectivity index (χ1n) is 8.71. The van der Waals surface area contributed by atoms with Crippen molar-refractivity contribution in [3.8, 4) is 10.6 Å². The van der Waals surface area contributed by atoms with Crippen LogP contribution in [0.4, 0.5) is 5.13 Å². The second-order valence-electron chi connectivity index (χ2n) is 6.32. The van der Waals surface area contributed by atoms with Crippen LogP contribution < -0.4 is 5.32 Å². The van der Waals surface area contributed by atoms with Gasteiger partial charge in [-0.3, -0.25) is 9.59 Å². The van der Waals surface area contributed by atoms with E-state index in [9.17, 15) is 9.59 Å². The Bertz CT molecular complexity index is 924. The van der Waals surface area contributed by atoms with Crippen LogP contribution in [0.3, 0.4) is 0 Å². The van der Waals surface area contributed by atoms with Crippen LogP contribution in [0.5, 0.6) is 0 Å². The van der Waals surface area contributed by atoms with Gasteiger partial charge in [-0.2, -0.15) is 0 Å². The fourth-order valence-electron chi connectivity index (χ4n) is 3.12. The number of anilines is 1. The summed E-state index contributed by atoms with van der Waals surface area (Å²) in [6, 6.07) is 9.82. The number of hydrogen-bond acceptors (Lipinski definition) is 6. The molecule has 3 heterocycles. The molecule has 4 rings (SSSR count). The molecule has 2 aromatic heterocycles. The quantitative estimate of drug-likeness (QED) is 0.726. The molecule has 0 spiro atoms. The number of aromatic nitrogens is 2. The second-order valence-corrected chi connectivity index (χ2v) is 8.07. The summed E-state index contributed by atoms with van der Waals surface area (Å²) >= 11 is 2.85. The Hall–Kier alpha value is -2.58. The summed E-state index contributed by atoms with van der Waals surface area (Å²) in [5.74, 6) is -0.412. The maximum Gasteiger partial charge on any atom is 0.273 e. The van der Waals surface area contributed by atoms with E-state index in [2.05, 4.69) is 15.3 Å². The van der Waals surface area contributed by atoms with Crippen molar-refractivity contribution < 1.29 is 9.59 Å². The number of amides is 2. The van der Waals surface area contributed by atoms with Crippen molar-refractivity contribution in [3.05, 3.63) is 53.0 Å². The number of rotatable bonds is 4. The summed E-state index contributed by atoms with van der Waals surface area (Å²) in [7, 11) is 0. The summed E-state index contributed by atoms with van der Waals surface area (Å²) in [4.78, 5) is 35.6. The molecular formula is C19H18N4O2S2. The molecule has 1 N–H and O–H groups in total. The first-order chi connectivity index (χ1) is 13.2. The number of likely N-dealkylation sites (tertiary alicyclic amines) is 1. The largest absolute Gasteiger partial charge is 0.336 e. The molecule has 6 nitrogen and oxygen atoms in total. The van der Waals surface area contributed by atoms with Gasteiger partial charge in [-0.1, -0.05) is 30.3 Å². The standard InChI is InChI=1S/C19H18N4O2S2/c24-16(22-19-20-8-10-26-19)14-7-4-9-23(11-14)18(25)15-12-27-17(21-15)13-5-2-1-3-6-13/h1-3,5-6,8,10,12,14H,4,7,9,11H2,(H,20,22,24). The molecule has 27 heavy (non-hydrogen) atoms. The van der Waals surface area contributed by atoms with Crippen LogP contribution in [-0.4, -0.2) is 39.8 Å². The second kappa shape index (κ2) is 7.98. The van der Waals surface area contributed by atoms with Gasteiger partial charge in [0.1, 0.15) is 10.7 Å². The Morgan fingerprint density at radius 1 is 1.19 bits per heavy atom. The van der Waals surface area contributed by atoms with Crippen LogP contribution >= 0.6 is 22.7 Å². The van der Waals surface area contributed by atoms with E-state index in [4.69, 9.17) is 0 Å². The molecular weight excluding hydrogens is 380 g/mol. The highest BCUT2D eigenvalue weighted by atomic mass is 32.1. The van der Waals surface area contributed by atoms with Crippen molar-refractivity contribution in [1.82, 2.24) is 14.9 Å². The van der Waals surface area contributed by atoms with Gasteiger partial charge in [0, 0.05) is 35.6 Å². The van der Waals surface area contributed by atoms with Gasteiger partial charge >= 0.3 is 0 Å². The van der Waals surface area contributed by atoms with E-state index >= 15 is 0 Å². The van der Waals surface area contributed by atoms with Crippen molar-refractivity contribution >= 4 is 39.6 Å². The van der Waals surface area contributed by atoms with Crippen molar-refractivity contribution in [1.29, 1.82) is 0 Å². The molecule has 1 fully saturated rings. The van der Waals surface area contributed by atoms with E-state index < -0.39 is 0 Å². The highest BCUT2D eigenvalue weighted by Crippen LogP contribution is 2.26. The Kier molecular flexibility index (Phi) is 5.26. The lowest BCUT2D eigenvalue weighted by atomic mass is 9.97. The zero-order valence-electron chi connectivity index (χ0n) is 14.5. The lowest BCUT2D eigenvalue weighted by Crippen LogP contribution is -2.43. The van der Waals surface area contributed by atoms with Gasteiger partial charge in [-0.15, -0.1) is 22.7 Å². The average molecular weight is 399 g/mol. The normalized spacial score (nSPS) is 16.9. The number of carbonyl (C=O) groups excluding carboxylic acids is 2. The Balaban J connectivity index is 1.43. The third-order valence-corrected chi connectivity index (χ3v) is 6.07. The van der Waals surface area contributed by atoms with Crippen LogP contribution in [0.25, 0.3) is 10.6 Å². The van der Waals surface area contributed by atoms with Crippen molar-refractivity contribution in [2.75, 3.05) is 18.4 Å². The number of thiazole rings is 2. The zero-order chi connectivity index (χ0) is 18.6. The lowest BCUT2D eigenvalue weighted by molar-refractivity contribution is -0.121. The first-order valence-corrected chi connectivity index (χ1v) is 10.5. The molecule has 0 saturated carbocycles. The number of nitrogens with zero attached hydrogens (tertiary/aromatic N) is 3. The van der Waals surface area contributed by atoms with Crippen LogP contribution in [-0.2, 0) is 4.79 Å². The zero-order valence-corrected chi connectivity index (χ0v) is 16.1. The van der Waals surface area contributed by atoms with Gasteiger partial charge in [0.25, 0.3) is 5.91 Å². The number of hydrogen-bond donors (Lipinski definition) is 1. The third-order valence-electron chi connectivity index (χ3n) is 4.49. The van der Waals surface area contributed by atoms with Crippen molar-refractivity contribution in [2.45, 2.75) is 12.8 Å². The summed E-state index contributed by atoms with van der Waals surface area (Å²) in [5, 5.41) is 7.87. The minimum atomic E-state index is -0.223. The van der Waals surface area contributed by atoms with E-state index in [0.717, 1.165) is 23.4 Å². The molecule has 0 bridgehead atoms. The van der Waals surface area contributed by atoms with Gasteiger partial charge in [0.05, 0.1) is 5.92 Å². The van der Waals surface area contributed by atoms with Gasteiger partial charge in [0.15, 0.2) is 5.13 Å². The van der Waals surface area contributed by atoms with Crippen LogP contribution in [0, 0.1) is 5.92 Å². The maximum absolute atomic E-state index is 12.9. The predicted octanol–water partition coefficient (Wildman–Crippen LogP) is 3.76. The molecule has 1 aliphatic heterocycles. The summed E-state index contributed by atoms with van der Waals surface area (Å²) in [6.45, 7) is 1.06. The van der Waals surface area contributed by atoms with E-state index in [1.54, 1.807) is 16.5 Å². The molecule has 1 aromatic carbocycles.